The van der Waals surface area contributed by atoms with E-state index in [1.165, 1.54) is 0 Å². The predicted molar refractivity (Wildman–Crippen MR) is 27.5 cm³/mol. The van der Waals surface area contributed by atoms with Crippen LogP contribution in [0.15, 0.2) is 12.3 Å². The van der Waals surface area contributed by atoms with Crippen molar-refractivity contribution in [1.29, 1.82) is 0 Å². The molecule has 0 bridgehead atoms. The Balaban J connectivity index is 2.45. The second-order valence-corrected chi connectivity index (χ2v) is 1.77. The molecule has 0 amide bonds. The van der Waals surface area contributed by atoms with Gasteiger partial charge in [0.25, 0.3) is 0 Å². The van der Waals surface area contributed by atoms with E-state index >= 15 is 0 Å². The molecule has 0 fully saturated rings. The fourth-order valence-electron chi connectivity index (χ4n) is 0.614. The lowest BCUT2D eigenvalue weighted by molar-refractivity contribution is 0.0712. The summed E-state index contributed by atoms with van der Waals surface area (Å²) in [5.41, 5.74) is 0. The molecule has 7 heavy (non-hydrogen) atoms. The molecule has 0 aromatic rings. The predicted octanol–water partition coefficient (Wildman–Crippen LogP) is 0.154. The summed E-state index contributed by atoms with van der Waals surface area (Å²) in [7, 11) is 1.86. The lowest BCUT2D eigenvalue weighted by Gasteiger charge is -2.12. The van der Waals surface area contributed by atoms with Crippen LogP contribution in [0.4, 0.5) is 0 Å². The van der Waals surface area contributed by atoms with Crippen LogP contribution >= 0.6 is 0 Å². The van der Waals surface area contributed by atoms with Crippen LogP contribution in [0.5, 0.6) is 0 Å². The van der Waals surface area contributed by atoms with Gasteiger partial charge in [-0.2, -0.15) is 0 Å². The number of nitrogens with zero attached hydrogens (tertiary/aromatic N) is 1. The molecular formula is C5H9NO. The minimum Gasteiger partial charge on any atom is -0.373 e. The number of hydrogen-bond donors (Lipinski definition) is 1. The maximum Gasteiger partial charge on any atom is 0.129 e. The highest BCUT2D eigenvalue weighted by molar-refractivity contribution is 4.91. The molecule has 2 heteroatoms. The van der Waals surface area contributed by atoms with E-state index in [1.54, 1.807) is 4.90 Å². The monoisotopic (exact) mass is 99.1 g/mol. The summed E-state index contributed by atoms with van der Waals surface area (Å²) < 4.78 is 0. The first-order chi connectivity index (χ1) is 3.30. The molecule has 2 nitrogen and oxygen atoms in total. The minimum atomic E-state index is -0.264. The second-order valence-electron chi connectivity index (χ2n) is 1.77. The standard InChI is InChI=1S/C5H9NO/c1-6-4-2-3-5(6)7/h2,4-5,7H,3H2,1H3. The molecule has 1 aliphatic rings. The summed E-state index contributed by atoms with van der Waals surface area (Å²) in [6.45, 7) is 0. The number of aliphatic hydroxyl groups is 1. The molecule has 1 heterocycles. The van der Waals surface area contributed by atoms with Gasteiger partial charge in [0, 0.05) is 13.5 Å². The Morgan fingerprint density at radius 2 is 2.57 bits per heavy atom. The maximum absolute atomic E-state index is 8.86. The molecule has 1 unspecified atom stereocenters. The fraction of sp³-hybridized carbons (Fsp3) is 0.600. The van der Waals surface area contributed by atoms with Gasteiger partial charge >= 0.3 is 0 Å². The number of hydrogen-bond acceptors (Lipinski definition) is 2. The van der Waals surface area contributed by atoms with Crippen LogP contribution in [0.1, 0.15) is 6.42 Å². The summed E-state index contributed by atoms with van der Waals surface area (Å²) in [4.78, 5) is 1.78. The highest BCUT2D eigenvalue weighted by Crippen LogP contribution is 2.06. The largest absolute Gasteiger partial charge is 0.373 e. The van der Waals surface area contributed by atoms with E-state index < -0.39 is 0 Å². The first-order valence-corrected chi connectivity index (χ1v) is 2.37. The summed E-state index contributed by atoms with van der Waals surface area (Å²) in [6, 6.07) is 0. The third-order valence-corrected chi connectivity index (χ3v) is 1.16. The SMILES string of the molecule is CN1C=CCC1O. The van der Waals surface area contributed by atoms with Gasteiger partial charge in [0.05, 0.1) is 0 Å². The van der Waals surface area contributed by atoms with E-state index in [-0.39, 0.29) is 6.23 Å². The lowest BCUT2D eigenvalue weighted by Crippen LogP contribution is -2.20. The summed E-state index contributed by atoms with van der Waals surface area (Å²) >= 11 is 0. The van der Waals surface area contributed by atoms with Gasteiger partial charge in [0.15, 0.2) is 0 Å². The van der Waals surface area contributed by atoms with E-state index in [0.29, 0.717) is 0 Å². The smallest absolute Gasteiger partial charge is 0.129 e. The maximum atomic E-state index is 8.86. The Kier molecular flexibility index (Phi) is 1.02. The summed E-state index contributed by atoms with van der Waals surface area (Å²) in [6.07, 6.45) is 4.34. The van der Waals surface area contributed by atoms with Crippen LogP contribution in [-0.4, -0.2) is 23.3 Å². The van der Waals surface area contributed by atoms with Crippen molar-refractivity contribution in [3.8, 4) is 0 Å². The van der Waals surface area contributed by atoms with Crippen molar-refractivity contribution >= 4 is 0 Å². The molecular weight excluding hydrogens is 90.1 g/mol. The average molecular weight is 99.1 g/mol. The highest BCUT2D eigenvalue weighted by Gasteiger charge is 2.08. The minimum absolute atomic E-state index is 0.264. The number of rotatable bonds is 0. The van der Waals surface area contributed by atoms with Crippen molar-refractivity contribution in [3.63, 3.8) is 0 Å². The molecule has 1 atom stereocenters. The van der Waals surface area contributed by atoms with Crippen LogP contribution in [0.25, 0.3) is 0 Å². The van der Waals surface area contributed by atoms with Crippen molar-refractivity contribution in [2.45, 2.75) is 12.6 Å². The molecule has 0 saturated heterocycles. The molecule has 0 radical (unpaired) electrons. The van der Waals surface area contributed by atoms with Gasteiger partial charge < -0.3 is 10.0 Å². The Morgan fingerprint density at radius 3 is 2.71 bits per heavy atom. The van der Waals surface area contributed by atoms with Gasteiger partial charge in [-0.1, -0.05) is 6.08 Å². The second kappa shape index (κ2) is 1.54. The molecule has 0 spiro atoms. The fourth-order valence-corrected chi connectivity index (χ4v) is 0.614. The van der Waals surface area contributed by atoms with Gasteiger partial charge in [-0.15, -0.1) is 0 Å². The van der Waals surface area contributed by atoms with Gasteiger partial charge in [0.2, 0.25) is 0 Å². The normalized spacial score (nSPS) is 29.4. The quantitative estimate of drug-likeness (QED) is 0.467. The zero-order chi connectivity index (χ0) is 5.28. The van der Waals surface area contributed by atoms with Gasteiger partial charge in [-0.25, -0.2) is 0 Å². The Labute approximate surface area is 43.1 Å². The zero-order valence-corrected chi connectivity index (χ0v) is 4.33. The third kappa shape index (κ3) is 0.747. The van der Waals surface area contributed by atoms with Crippen molar-refractivity contribution < 1.29 is 5.11 Å². The van der Waals surface area contributed by atoms with E-state index in [9.17, 15) is 0 Å². The first kappa shape index (κ1) is 4.65. The van der Waals surface area contributed by atoms with Crippen LogP contribution in [0, 0.1) is 0 Å². The van der Waals surface area contributed by atoms with Crippen molar-refractivity contribution in [2.24, 2.45) is 0 Å². The van der Waals surface area contributed by atoms with Crippen molar-refractivity contribution in [1.82, 2.24) is 4.90 Å². The van der Waals surface area contributed by atoms with E-state index in [4.69, 9.17) is 5.11 Å². The van der Waals surface area contributed by atoms with Gasteiger partial charge in [-0.3, -0.25) is 0 Å². The highest BCUT2D eigenvalue weighted by atomic mass is 16.3. The lowest BCUT2D eigenvalue weighted by atomic mass is 10.4. The van der Waals surface area contributed by atoms with E-state index in [0.717, 1.165) is 6.42 Å². The third-order valence-electron chi connectivity index (χ3n) is 1.16. The van der Waals surface area contributed by atoms with E-state index in [2.05, 4.69) is 0 Å². The average Bonchev–Trinajstić information content (AvgIpc) is 1.91. The molecule has 1 aliphatic heterocycles. The molecule has 0 saturated carbocycles. The first-order valence-electron chi connectivity index (χ1n) is 2.37. The molecule has 1 rings (SSSR count). The molecule has 40 valence electrons. The van der Waals surface area contributed by atoms with Crippen LogP contribution in [-0.2, 0) is 0 Å². The van der Waals surface area contributed by atoms with Gasteiger partial charge in [-0.05, 0) is 6.20 Å². The Hall–Kier alpha value is -0.500. The summed E-state index contributed by atoms with van der Waals surface area (Å²) in [5.74, 6) is 0. The molecule has 0 aliphatic carbocycles. The molecule has 0 aromatic carbocycles. The van der Waals surface area contributed by atoms with Gasteiger partial charge in [0.1, 0.15) is 6.23 Å². The molecule has 0 aromatic heterocycles. The molecule has 1 N–H and O–H groups in total. The summed E-state index contributed by atoms with van der Waals surface area (Å²) in [5, 5.41) is 8.86. The topological polar surface area (TPSA) is 23.5 Å². The number of aliphatic hydroxyl groups excluding tert-OH is 1. The van der Waals surface area contributed by atoms with Crippen LogP contribution in [0.3, 0.4) is 0 Å². The van der Waals surface area contributed by atoms with Crippen molar-refractivity contribution in [3.05, 3.63) is 12.3 Å². The zero-order valence-electron chi connectivity index (χ0n) is 4.33. The van der Waals surface area contributed by atoms with E-state index in [1.807, 2.05) is 19.3 Å². The Bertz CT molecular complexity index is 90.1. The van der Waals surface area contributed by atoms with Crippen LogP contribution < -0.4 is 0 Å². The Morgan fingerprint density at radius 1 is 1.86 bits per heavy atom. The van der Waals surface area contributed by atoms with Crippen molar-refractivity contribution in [2.75, 3.05) is 7.05 Å². The van der Waals surface area contributed by atoms with Crippen LogP contribution in [0.2, 0.25) is 0 Å².